The summed E-state index contributed by atoms with van der Waals surface area (Å²) < 4.78 is 10.6. The van der Waals surface area contributed by atoms with Crippen molar-refractivity contribution in [3.8, 4) is 0 Å². The van der Waals surface area contributed by atoms with Crippen molar-refractivity contribution in [2.75, 3.05) is 4.90 Å². The summed E-state index contributed by atoms with van der Waals surface area (Å²) in [5.74, 6) is -5.72. The predicted octanol–water partition coefficient (Wildman–Crippen LogP) is 1.55. The number of urea groups is 1. The summed E-state index contributed by atoms with van der Waals surface area (Å²) in [5, 5.41) is 2.48. The third-order valence-electron chi connectivity index (χ3n) is 6.49. The average Bonchev–Trinajstić information content (AvgIpc) is 3.24. The number of para-hydroxylation sites is 1. The molecule has 3 atom stereocenters. The predicted molar refractivity (Wildman–Crippen MR) is 170 cm³/mol. The number of esters is 2. The number of ether oxygens (including phenoxy) is 2. The van der Waals surface area contributed by atoms with Gasteiger partial charge in [-0.25, -0.2) is 19.5 Å². The molecule has 1 aliphatic rings. The van der Waals surface area contributed by atoms with Crippen LogP contribution >= 0.6 is 12.4 Å². The first-order chi connectivity index (χ1) is 21.1. The molecule has 3 rings (SSSR count). The highest BCUT2D eigenvalue weighted by Gasteiger charge is 2.65. The molecule has 0 saturated carbocycles. The van der Waals surface area contributed by atoms with E-state index in [1.165, 1.54) is 62.4 Å². The third kappa shape index (κ3) is 7.79. The lowest BCUT2D eigenvalue weighted by Gasteiger charge is -2.44. The van der Waals surface area contributed by atoms with E-state index in [-0.39, 0.29) is 29.6 Å². The zero-order valence-electron chi connectivity index (χ0n) is 26.0. The summed E-state index contributed by atoms with van der Waals surface area (Å²) >= 11 is 0. The Bertz CT molecular complexity index is 1500. The zero-order valence-corrected chi connectivity index (χ0v) is 26.8. The summed E-state index contributed by atoms with van der Waals surface area (Å²) in [6, 6.07) is 9.01. The Morgan fingerprint density at radius 2 is 1.52 bits per heavy atom. The number of hydrogen-bond acceptors (Lipinski definition) is 10. The topological polar surface area (TPSA) is 230 Å². The zero-order chi connectivity index (χ0) is 33.6. The van der Waals surface area contributed by atoms with Crippen molar-refractivity contribution in [1.82, 2.24) is 10.2 Å². The number of imide groups is 1. The number of carbonyl (C=O) groups excluding carboxylic acids is 6. The van der Waals surface area contributed by atoms with E-state index in [0.29, 0.717) is 15.5 Å². The maximum Gasteiger partial charge on any atom is 0.362 e. The molecule has 248 valence electrons. The van der Waals surface area contributed by atoms with E-state index in [2.05, 4.69) is 10.3 Å². The number of carbonyl (C=O) groups is 6. The highest BCUT2D eigenvalue weighted by Crippen LogP contribution is 2.37. The first-order valence-corrected chi connectivity index (χ1v) is 14.0. The normalized spacial score (nSPS) is 16.1. The summed E-state index contributed by atoms with van der Waals surface area (Å²) in [6.07, 6.45) is -2.00. The second kappa shape index (κ2) is 15.3. The van der Waals surface area contributed by atoms with Gasteiger partial charge < -0.3 is 32.0 Å². The monoisotopic (exact) mass is 659 g/mol. The SMILES string of the molecule is CC(=O)[C@](C(=O)OC(C)C)(N1C(=O)NC(c2ccc(N=C(N)N)cc2)C1=O)N(C(=O)[C@@H](N)CC(=O)OC(C)C)c1ccccc1.Cl. The molecule has 1 aliphatic heterocycles. The van der Waals surface area contributed by atoms with Crippen molar-refractivity contribution in [2.45, 2.75) is 71.0 Å². The largest absolute Gasteiger partial charge is 0.463 e. The van der Waals surface area contributed by atoms with Crippen LogP contribution in [0, 0.1) is 0 Å². The Hall–Kier alpha value is -5.02. The van der Waals surface area contributed by atoms with E-state index in [1.807, 2.05) is 0 Å². The maximum atomic E-state index is 14.2. The molecule has 1 heterocycles. The fraction of sp³-hybridized carbons (Fsp3) is 0.367. The van der Waals surface area contributed by atoms with Crippen molar-refractivity contribution >= 4 is 65.3 Å². The van der Waals surface area contributed by atoms with Crippen LogP contribution < -0.4 is 27.4 Å². The van der Waals surface area contributed by atoms with Crippen LogP contribution in [0.5, 0.6) is 0 Å². The lowest BCUT2D eigenvalue weighted by molar-refractivity contribution is -0.168. The minimum atomic E-state index is -3.02. The van der Waals surface area contributed by atoms with Crippen LogP contribution in [0.15, 0.2) is 59.6 Å². The Labute approximate surface area is 271 Å². The van der Waals surface area contributed by atoms with Gasteiger partial charge in [0, 0.05) is 5.69 Å². The highest BCUT2D eigenvalue weighted by molar-refractivity contribution is 6.23. The first-order valence-electron chi connectivity index (χ1n) is 14.0. The molecule has 1 saturated heterocycles. The molecular formula is C30H38ClN7O8. The summed E-state index contributed by atoms with van der Waals surface area (Å²) in [6.45, 7) is 7.11. The molecule has 1 unspecified atom stereocenters. The van der Waals surface area contributed by atoms with Gasteiger partial charge in [0.15, 0.2) is 11.7 Å². The smallest absolute Gasteiger partial charge is 0.362 e. The number of nitrogens with one attached hydrogen (secondary N) is 1. The molecule has 16 heteroatoms. The molecule has 46 heavy (non-hydrogen) atoms. The Morgan fingerprint density at radius 3 is 2.02 bits per heavy atom. The number of nitrogens with two attached hydrogens (primary N) is 3. The number of halogens is 1. The third-order valence-corrected chi connectivity index (χ3v) is 6.49. The average molecular weight is 660 g/mol. The van der Waals surface area contributed by atoms with E-state index in [1.54, 1.807) is 19.9 Å². The number of aliphatic imine (C=N–C) groups is 1. The second-order valence-corrected chi connectivity index (χ2v) is 10.7. The van der Waals surface area contributed by atoms with Gasteiger partial charge in [-0.2, -0.15) is 0 Å². The van der Waals surface area contributed by atoms with Crippen molar-refractivity contribution in [2.24, 2.45) is 22.2 Å². The van der Waals surface area contributed by atoms with Crippen LogP contribution in [0.1, 0.15) is 52.6 Å². The lowest BCUT2D eigenvalue weighted by Crippen LogP contribution is -2.74. The van der Waals surface area contributed by atoms with E-state index in [4.69, 9.17) is 26.7 Å². The molecule has 7 N–H and O–H groups in total. The van der Waals surface area contributed by atoms with Gasteiger partial charge in [-0.05, 0) is 64.4 Å². The van der Waals surface area contributed by atoms with Gasteiger partial charge in [-0.1, -0.05) is 30.3 Å². The summed E-state index contributed by atoms with van der Waals surface area (Å²) in [5.41, 5.74) is 14.5. The first kappa shape index (κ1) is 37.2. The van der Waals surface area contributed by atoms with Crippen LogP contribution in [-0.2, 0) is 33.4 Å². The van der Waals surface area contributed by atoms with Crippen molar-refractivity contribution in [1.29, 1.82) is 0 Å². The number of hydrogen-bond donors (Lipinski definition) is 4. The van der Waals surface area contributed by atoms with E-state index < -0.39 is 71.9 Å². The number of guanidine groups is 1. The number of benzene rings is 2. The molecule has 2 aromatic carbocycles. The quantitative estimate of drug-likeness (QED) is 0.0839. The summed E-state index contributed by atoms with van der Waals surface area (Å²) in [4.78, 5) is 87.3. The van der Waals surface area contributed by atoms with E-state index in [9.17, 15) is 28.8 Å². The van der Waals surface area contributed by atoms with Gasteiger partial charge in [0.25, 0.3) is 11.6 Å². The molecule has 0 aromatic heterocycles. The van der Waals surface area contributed by atoms with Crippen LogP contribution in [0.2, 0.25) is 0 Å². The molecule has 2 aromatic rings. The van der Waals surface area contributed by atoms with Crippen LogP contribution in [0.3, 0.4) is 0 Å². The van der Waals surface area contributed by atoms with Crippen molar-refractivity contribution in [3.63, 3.8) is 0 Å². The number of anilines is 1. The number of amides is 4. The van der Waals surface area contributed by atoms with Crippen molar-refractivity contribution < 1.29 is 38.2 Å². The standard InChI is InChI=1S/C30H37N7O8.ClH/c1-16(2)44-23(39)15-22(31)25(40)36(21-9-7-6-8-10-21)30(18(5)38,27(42)45-17(3)4)37-26(41)24(35-29(37)43)19-11-13-20(14-12-19)34-28(32)33;/h6-14,16-17,22,24H,15,31H2,1-5H3,(H,35,43)(H4,32,33,34);1H/t22-,24?,30+;/m0./s1. The molecule has 4 amide bonds. The number of nitrogens with zero attached hydrogens (tertiary/aromatic N) is 3. The van der Waals surface area contributed by atoms with Gasteiger partial charge >= 0.3 is 18.0 Å². The Balaban J connectivity index is 0.00000736. The number of rotatable bonds is 12. The van der Waals surface area contributed by atoms with Gasteiger partial charge in [-0.3, -0.25) is 24.1 Å². The number of Topliss-reactive ketones (excluding diaryl/α,β-unsaturated/α-hetero) is 1. The van der Waals surface area contributed by atoms with E-state index >= 15 is 0 Å². The minimum Gasteiger partial charge on any atom is -0.463 e. The Kier molecular flexibility index (Phi) is 12.4. The molecule has 15 nitrogen and oxygen atoms in total. The minimum absolute atomic E-state index is 0. The molecular weight excluding hydrogens is 622 g/mol. The molecule has 0 aliphatic carbocycles. The van der Waals surface area contributed by atoms with Gasteiger partial charge in [-0.15, -0.1) is 12.4 Å². The van der Waals surface area contributed by atoms with Crippen LogP contribution in [-0.4, -0.2) is 70.3 Å². The van der Waals surface area contributed by atoms with Crippen LogP contribution in [0.4, 0.5) is 16.2 Å². The van der Waals surface area contributed by atoms with Gasteiger partial charge in [0.05, 0.1) is 30.4 Å². The molecule has 0 bridgehead atoms. The summed E-state index contributed by atoms with van der Waals surface area (Å²) in [7, 11) is 0. The molecule has 0 spiro atoms. The maximum absolute atomic E-state index is 14.2. The van der Waals surface area contributed by atoms with E-state index in [0.717, 1.165) is 6.92 Å². The highest BCUT2D eigenvalue weighted by atomic mass is 35.5. The fourth-order valence-corrected chi connectivity index (χ4v) is 4.73. The Morgan fingerprint density at radius 1 is 0.957 bits per heavy atom. The van der Waals surface area contributed by atoms with Gasteiger partial charge in [0.1, 0.15) is 6.04 Å². The molecule has 0 radical (unpaired) electrons. The molecule has 1 fully saturated rings. The number of ketones is 1. The van der Waals surface area contributed by atoms with Gasteiger partial charge in [0.2, 0.25) is 5.91 Å². The second-order valence-electron chi connectivity index (χ2n) is 10.7. The van der Waals surface area contributed by atoms with Crippen molar-refractivity contribution in [3.05, 3.63) is 60.2 Å². The fourth-order valence-electron chi connectivity index (χ4n) is 4.73. The lowest BCUT2D eigenvalue weighted by atomic mass is 9.96. The van der Waals surface area contributed by atoms with Crippen LogP contribution in [0.25, 0.3) is 0 Å².